The molecule has 18 heavy (non-hydrogen) atoms. The Morgan fingerprint density at radius 1 is 1.28 bits per heavy atom. The molecule has 5 heteroatoms. The van der Waals surface area contributed by atoms with Gasteiger partial charge in [-0.3, -0.25) is 9.38 Å². The number of hydrogen-bond donors (Lipinski definition) is 1. The second kappa shape index (κ2) is 4.03. The zero-order valence-corrected chi connectivity index (χ0v) is 9.74. The number of hydrogen-bond acceptors (Lipinski definition) is 4. The van der Waals surface area contributed by atoms with Crippen LogP contribution in [-0.2, 0) is 0 Å². The van der Waals surface area contributed by atoms with Gasteiger partial charge in [-0.2, -0.15) is 0 Å². The normalized spacial score (nSPS) is 10.7. The van der Waals surface area contributed by atoms with Crippen LogP contribution >= 0.6 is 0 Å². The summed E-state index contributed by atoms with van der Waals surface area (Å²) in [6.45, 7) is 0. The average Bonchev–Trinajstić information content (AvgIpc) is 2.83. The van der Waals surface area contributed by atoms with E-state index in [9.17, 15) is 5.11 Å². The standard InChI is InChI=1S/C13H11N3O2/c1-18-9-2-3-12(17)10(6-9)11-7-15-13-8-14-4-5-16(11)13/h2-8,17H,1H3. The monoisotopic (exact) mass is 241 g/mol. The minimum atomic E-state index is 0.189. The Morgan fingerprint density at radius 2 is 2.17 bits per heavy atom. The van der Waals surface area contributed by atoms with E-state index in [4.69, 9.17) is 4.74 Å². The molecule has 0 aliphatic heterocycles. The van der Waals surface area contributed by atoms with Crippen LogP contribution in [-0.4, -0.2) is 26.6 Å². The lowest BCUT2D eigenvalue weighted by molar-refractivity contribution is 0.412. The van der Waals surface area contributed by atoms with Gasteiger partial charge in [0, 0.05) is 18.0 Å². The van der Waals surface area contributed by atoms with Crippen LogP contribution in [0, 0.1) is 0 Å². The number of phenols is 1. The van der Waals surface area contributed by atoms with Crippen molar-refractivity contribution in [3.63, 3.8) is 0 Å². The van der Waals surface area contributed by atoms with E-state index >= 15 is 0 Å². The minimum Gasteiger partial charge on any atom is -0.507 e. The van der Waals surface area contributed by atoms with Gasteiger partial charge in [0.2, 0.25) is 0 Å². The van der Waals surface area contributed by atoms with Gasteiger partial charge in [-0.15, -0.1) is 0 Å². The maximum atomic E-state index is 9.95. The van der Waals surface area contributed by atoms with Crippen molar-refractivity contribution in [1.82, 2.24) is 14.4 Å². The number of aromatic nitrogens is 3. The summed E-state index contributed by atoms with van der Waals surface area (Å²) in [5.41, 5.74) is 2.20. The predicted octanol–water partition coefficient (Wildman–Crippen LogP) is 2.11. The first-order valence-electron chi connectivity index (χ1n) is 5.44. The number of benzene rings is 1. The molecule has 3 rings (SSSR count). The van der Waals surface area contributed by atoms with Gasteiger partial charge in [-0.25, -0.2) is 4.98 Å². The zero-order chi connectivity index (χ0) is 12.5. The molecule has 0 bridgehead atoms. The van der Waals surface area contributed by atoms with Crippen molar-refractivity contribution in [3.05, 3.63) is 43.0 Å². The SMILES string of the molecule is COc1ccc(O)c(-c2cnc3cnccn23)c1. The zero-order valence-electron chi connectivity index (χ0n) is 9.74. The van der Waals surface area contributed by atoms with Crippen molar-refractivity contribution in [2.45, 2.75) is 0 Å². The van der Waals surface area contributed by atoms with E-state index < -0.39 is 0 Å². The van der Waals surface area contributed by atoms with E-state index in [1.165, 1.54) is 0 Å². The fraction of sp³-hybridized carbons (Fsp3) is 0.0769. The molecule has 0 fully saturated rings. The Balaban J connectivity index is 2.25. The van der Waals surface area contributed by atoms with E-state index in [2.05, 4.69) is 9.97 Å². The first-order chi connectivity index (χ1) is 8.79. The summed E-state index contributed by atoms with van der Waals surface area (Å²) in [5, 5.41) is 9.95. The van der Waals surface area contributed by atoms with Gasteiger partial charge in [-0.05, 0) is 18.2 Å². The summed E-state index contributed by atoms with van der Waals surface area (Å²) in [5.74, 6) is 0.876. The molecular formula is C13H11N3O2. The molecule has 0 saturated carbocycles. The van der Waals surface area contributed by atoms with Crippen molar-refractivity contribution < 1.29 is 9.84 Å². The summed E-state index contributed by atoms with van der Waals surface area (Å²) in [4.78, 5) is 8.25. The number of methoxy groups -OCH3 is 1. The largest absolute Gasteiger partial charge is 0.507 e. The number of phenolic OH excluding ortho intramolecular Hbond substituents is 1. The third-order valence-corrected chi connectivity index (χ3v) is 2.80. The van der Waals surface area contributed by atoms with Gasteiger partial charge >= 0.3 is 0 Å². The topological polar surface area (TPSA) is 59.7 Å². The summed E-state index contributed by atoms with van der Waals surface area (Å²) in [7, 11) is 1.59. The molecule has 1 aromatic carbocycles. The summed E-state index contributed by atoms with van der Waals surface area (Å²) >= 11 is 0. The van der Waals surface area contributed by atoms with E-state index in [0.717, 1.165) is 11.3 Å². The highest BCUT2D eigenvalue weighted by Gasteiger charge is 2.11. The smallest absolute Gasteiger partial charge is 0.155 e. The van der Waals surface area contributed by atoms with Crippen molar-refractivity contribution >= 4 is 5.65 Å². The lowest BCUT2D eigenvalue weighted by atomic mass is 10.1. The van der Waals surface area contributed by atoms with Crippen LogP contribution in [0.25, 0.3) is 16.9 Å². The summed E-state index contributed by atoms with van der Waals surface area (Å²) in [6, 6.07) is 5.09. The maximum Gasteiger partial charge on any atom is 0.155 e. The molecular weight excluding hydrogens is 230 g/mol. The van der Waals surface area contributed by atoms with Crippen LogP contribution in [0.2, 0.25) is 0 Å². The first-order valence-corrected chi connectivity index (χ1v) is 5.44. The molecule has 0 amide bonds. The summed E-state index contributed by atoms with van der Waals surface area (Å²) < 4.78 is 7.03. The van der Waals surface area contributed by atoms with Crippen LogP contribution < -0.4 is 4.74 Å². The Hall–Kier alpha value is -2.56. The van der Waals surface area contributed by atoms with Crippen LogP contribution in [0.4, 0.5) is 0 Å². The number of rotatable bonds is 2. The molecule has 2 heterocycles. The van der Waals surface area contributed by atoms with E-state index in [0.29, 0.717) is 11.3 Å². The quantitative estimate of drug-likeness (QED) is 0.746. The molecule has 0 unspecified atom stereocenters. The molecule has 5 nitrogen and oxygen atoms in total. The first kappa shape index (κ1) is 10.6. The van der Waals surface area contributed by atoms with Crippen LogP contribution in [0.1, 0.15) is 0 Å². The molecule has 0 spiro atoms. The Bertz CT molecular complexity index is 706. The Kier molecular flexibility index (Phi) is 2.37. The highest BCUT2D eigenvalue weighted by Crippen LogP contribution is 2.32. The fourth-order valence-corrected chi connectivity index (χ4v) is 1.89. The number of nitrogens with zero attached hydrogens (tertiary/aromatic N) is 3. The van der Waals surface area contributed by atoms with Gasteiger partial charge in [-0.1, -0.05) is 0 Å². The lowest BCUT2D eigenvalue weighted by Crippen LogP contribution is -1.90. The van der Waals surface area contributed by atoms with Gasteiger partial charge in [0.15, 0.2) is 5.65 Å². The van der Waals surface area contributed by atoms with E-state index in [1.54, 1.807) is 50.1 Å². The van der Waals surface area contributed by atoms with E-state index in [-0.39, 0.29) is 5.75 Å². The minimum absolute atomic E-state index is 0.189. The Morgan fingerprint density at radius 3 is 3.00 bits per heavy atom. The fourth-order valence-electron chi connectivity index (χ4n) is 1.89. The number of aromatic hydroxyl groups is 1. The number of imidazole rings is 1. The van der Waals surface area contributed by atoms with Gasteiger partial charge < -0.3 is 9.84 Å². The molecule has 0 aliphatic rings. The third-order valence-electron chi connectivity index (χ3n) is 2.80. The van der Waals surface area contributed by atoms with Gasteiger partial charge in [0.05, 0.1) is 25.2 Å². The highest BCUT2D eigenvalue weighted by molar-refractivity contribution is 5.70. The lowest BCUT2D eigenvalue weighted by Gasteiger charge is -2.06. The second-order valence-corrected chi connectivity index (χ2v) is 3.83. The molecule has 1 N–H and O–H groups in total. The van der Waals surface area contributed by atoms with Crippen LogP contribution in [0.3, 0.4) is 0 Å². The van der Waals surface area contributed by atoms with Gasteiger partial charge in [0.25, 0.3) is 0 Å². The molecule has 0 radical (unpaired) electrons. The highest BCUT2D eigenvalue weighted by atomic mass is 16.5. The average molecular weight is 241 g/mol. The van der Waals surface area contributed by atoms with Crippen molar-refractivity contribution in [1.29, 1.82) is 0 Å². The van der Waals surface area contributed by atoms with Crippen molar-refractivity contribution in [2.75, 3.05) is 7.11 Å². The molecule has 2 aromatic heterocycles. The predicted molar refractivity (Wildman–Crippen MR) is 66.6 cm³/mol. The molecule has 0 saturated heterocycles. The molecule has 0 aliphatic carbocycles. The molecule has 3 aromatic rings. The second-order valence-electron chi connectivity index (χ2n) is 3.83. The molecule has 90 valence electrons. The third kappa shape index (κ3) is 1.57. The van der Waals surface area contributed by atoms with Crippen LogP contribution in [0.15, 0.2) is 43.0 Å². The molecule has 0 atom stereocenters. The summed E-state index contributed by atoms with van der Waals surface area (Å²) in [6.07, 6.45) is 6.85. The maximum absolute atomic E-state index is 9.95. The van der Waals surface area contributed by atoms with Crippen molar-refractivity contribution in [2.24, 2.45) is 0 Å². The van der Waals surface area contributed by atoms with E-state index in [1.807, 2.05) is 4.40 Å². The van der Waals surface area contributed by atoms with Crippen LogP contribution in [0.5, 0.6) is 11.5 Å². The Labute approximate surface area is 103 Å². The number of ether oxygens (including phenoxy) is 1. The number of fused-ring (bicyclic) bond motifs is 1. The van der Waals surface area contributed by atoms with Crippen molar-refractivity contribution in [3.8, 4) is 22.8 Å². The van der Waals surface area contributed by atoms with Gasteiger partial charge in [0.1, 0.15) is 11.5 Å².